The topological polar surface area (TPSA) is 55.6 Å². The van der Waals surface area contributed by atoms with Crippen molar-refractivity contribution in [3.8, 4) is 5.75 Å². The van der Waals surface area contributed by atoms with E-state index in [0.29, 0.717) is 23.5 Å². The predicted molar refractivity (Wildman–Crippen MR) is 82.5 cm³/mol. The maximum Gasteiger partial charge on any atom is 0.260 e. The molecule has 1 aliphatic heterocycles. The summed E-state index contributed by atoms with van der Waals surface area (Å²) < 4.78 is 19.5. The smallest absolute Gasteiger partial charge is 0.260 e. The summed E-state index contributed by atoms with van der Waals surface area (Å²) in [6.07, 6.45) is 1.83. The van der Waals surface area contributed by atoms with Crippen molar-refractivity contribution in [3.05, 3.63) is 28.5 Å². The first-order chi connectivity index (χ1) is 9.97. The number of likely N-dealkylation sites (tertiary alicyclic amines) is 1. The molecule has 1 unspecified atom stereocenters. The van der Waals surface area contributed by atoms with Crippen molar-refractivity contribution < 1.29 is 13.9 Å². The van der Waals surface area contributed by atoms with Crippen molar-refractivity contribution in [1.29, 1.82) is 0 Å². The molecule has 1 fully saturated rings. The van der Waals surface area contributed by atoms with Crippen LogP contribution in [0.1, 0.15) is 19.8 Å². The van der Waals surface area contributed by atoms with Crippen LogP contribution in [-0.4, -0.2) is 36.5 Å². The quantitative estimate of drug-likeness (QED) is 0.899. The van der Waals surface area contributed by atoms with Crippen molar-refractivity contribution in [2.45, 2.75) is 25.8 Å². The van der Waals surface area contributed by atoms with E-state index in [1.165, 1.54) is 12.1 Å². The molecule has 1 atom stereocenters. The van der Waals surface area contributed by atoms with E-state index in [4.69, 9.17) is 10.5 Å². The van der Waals surface area contributed by atoms with E-state index in [0.717, 1.165) is 12.8 Å². The number of piperidine rings is 1. The zero-order valence-electron chi connectivity index (χ0n) is 12.0. The second-order valence-electron chi connectivity index (χ2n) is 5.44. The van der Waals surface area contributed by atoms with Crippen LogP contribution in [0, 0.1) is 11.7 Å². The lowest BCUT2D eigenvalue weighted by molar-refractivity contribution is -0.134. The van der Waals surface area contributed by atoms with Crippen molar-refractivity contribution >= 4 is 21.8 Å². The Balaban J connectivity index is 1.82. The third-order valence-electron chi connectivity index (χ3n) is 3.88. The van der Waals surface area contributed by atoms with Gasteiger partial charge < -0.3 is 15.4 Å². The molecule has 0 spiro atoms. The zero-order chi connectivity index (χ0) is 15.4. The van der Waals surface area contributed by atoms with Gasteiger partial charge in [0.05, 0.1) is 0 Å². The summed E-state index contributed by atoms with van der Waals surface area (Å²) in [6, 6.07) is 4.66. The van der Waals surface area contributed by atoms with Crippen LogP contribution in [0.2, 0.25) is 0 Å². The van der Waals surface area contributed by atoms with Crippen LogP contribution in [0.3, 0.4) is 0 Å². The molecule has 1 aromatic carbocycles. The molecule has 2 N–H and O–H groups in total. The molecule has 1 saturated heterocycles. The number of nitrogens with two attached hydrogens (primary N) is 1. The Bertz CT molecular complexity index is 502. The van der Waals surface area contributed by atoms with Crippen LogP contribution >= 0.6 is 15.9 Å². The molecule has 4 nitrogen and oxygen atoms in total. The predicted octanol–water partition coefficient (Wildman–Crippen LogP) is 2.55. The summed E-state index contributed by atoms with van der Waals surface area (Å²) in [7, 11) is 0. The van der Waals surface area contributed by atoms with E-state index in [1.807, 2.05) is 6.92 Å². The monoisotopic (exact) mass is 358 g/mol. The van der Waals surface area contributed by atoms with Gasteiger partial charge in [0.25, 0.3) is 5.91 Å². The summed E-state index contributed by atoms with van der Waals surface area (Å²) in [5.74, 6) is -0.0239. The molecule has 0 saturated carbocycles. The van der Waals surface area contributed by atoms with Gasteiger partial charge in [0.2, 0.25) is 0 Å². The molecular weight excluding hydrogens is 339 g/mol. The molecule has 0 aliphatic carbocycles. The van der Waals surface area contributed by atoms with Gasteiger partial charge >= 0.3 is 0 Å². The largest absolute Gasteiger partial charge is 0.481 e. The van der Waals surface area contributed by atoms with Crippen molar-refractivity contribution in [2.24, 2.45) is 11.7 Å². The number of hydrogen-bond acceptors (Lipinski definition) is 3. The average Bonchev–Trinajstić information content (AvgIpc) is 2.46. The molecule has 116 valence electrons. The number of hydrogen-bond donors (Lipinski definition) is 1. The zero-order valence-corrected chi connectivity index (χ0v) is 13.6. The minimum absolute atomic E-state index is 0.0945. The Morgan fingerprint density at radius 1 is 1.52 bits per heavy atom. The molecule has 1 aliphatic rings. The summed E-state index contributed by atoms with van der Waals surface area (Å²) in [6.45, 7) is 3.25. The highest BCUT2D eigenvalue weighted by molar-refractivity contribution is 9.10. The van der Waals surface area contributed by atoms with Gasteiger partial charge in [-0.25, -0.2) is 4.39 Å². The minimum Gasteiger partial charge on any atom is -0.481 e. The molecule has 0 bridgehead atoms. The number of rotatable bonds is 4. The highest BCUT2D eigenvalue weighted by Crippen LogP contribution is 2.22. The van der Waals surface area contributed by atoms with E-state index in [-0.39, 0.29) is 24.3 Å². The second kappa shape index (κ2) is 7.22. The van der Waals surface area contributed by atoms with Gasteiger partial charge in [0.1, 0.15) is 0 Å². The van der Waals surface area contributed by atoms with Gasteiger partial charge in [0.15, 0.2) is 18.2 Å². The Hall–Kier alpha value is -1.14. The van der Waals surface area contributed by atoms with Gasteiger partial charge in [-0.15, -0.1) is 0 Å². The maximum atomic E-state index is 13.6. The Morgan fingerprint density at radius 2 is 2.19 bits per heavy atom. The first-order valence-corrected chi connectivity index (χ1v) is 7.88. The van der Waals surface area contributed by atoms with E-state index >= 15 is 0 Å². The first-order valence-electron chi connectivity index (χ1n) is 7.08. The van der Waals surface area contributed by atoms with Gasteiger partial charge in [-0.3, -0.25) is 4.79 Å². The Kier molecular flexibility index (Phi) is 5.58. The number of benzene rings is 1. The molecule has 1 heterocycles. The van der Waals surface area contributed by atoms with E-state index < -0.39 is 5.82 Å². The second-order valence-corrected chi connectivity index (χ2v) is 6.36. The molecule has 6 heteroatoms. The van der Waals surface area contributed by atoms with E-state index in [2.05, 4.69) is 15.9 Å². The lowest BCUT2D eigenvalue weighted by atomic mass is 9.91. The summed E-state index contributed by atoms with van der Waals surface area (Å²) in [5.41, 5.74) is 5.88. The maximum absolute atomic E-state index is 13.6. The fourth-order valence-electron chi connectivity index (χ4n) is 2.50. The van der Waals surface area contributed by atoms with E-state index in [9.17, 15) is 9.18 Å². The number of carbonyl (C=O) groups is 1. The highest BCUT2D eigenvalue weighted by Gasteiger charge is 2.25. The lowest BCUT2D eigenvalue weighted by Gasteiger charge is -2.33. The Labute approximate surface area is 132 Å². The molecule has 2 rings (SSSR count). The SMILES string of the molecule is CC(N)C1CCN(C(=O)COc2ccc(Br)cc2F)CC1. The third-order valence-corrected chi connectivity index (χ3v) is 4.37. The number of nitrogens with zero attached hydrogens (tertiary/aromatic N) is 1. The molecule has 0 aromatic heterocycles. The van der Waals surface area contributed by atoms with Crippen molar-refractivity contribution in [2.75, 3.05) is 19.7 Å². The summed E-state index contributed by atoms with van der Waals surface area (Å²) in [4.78, 5) is 13.8. The molecule has 1 amide bonds. The standard InChI is InChI=1S/C15H20BrFN2O2/c1-10(18)11-4-6-19(7-5-11)15(20)9-21-14-3-2-12(16)8-13(14)17/h2-3,8,10-11H,4-7,9,18H2,1H3. The minimum atomic E-state index is -0.479. The van der Waals surface area contributed by atoms with Crippen LogP contribution in [0.15, 0.2) is 22.7 Å². The van der Waals surface area contributed by atoms with Crippen LogP contribution in [0.4, 0.5) is 4.39 Å². The normalized spacial score (nSPS) is 17.6. The summed E-state index contributed by atoms with van der Waals surface area (Å²) in [5, 5.41) is 0. The van der Waals surface area contributed by atoms with Gasteiger partial charge in [-0.2, -0.15) is 0 Å². The molecule has 1 aromatic rings. The van der Waals surface area contributed by atoms with Gasteiger partial charge in [-0.1, -0.05) is 15.9 Å². The van der Waals surface area contributed by atoms with Gasteiger partial charge in [-0.05, 0) is 43.9 Å². The van der Waals surface area contributed by atoms with E-state index in [1.54, 1.807) is 11.0 Å². The van der Waals surface area contributed by atoms with Gasteiger partial charge in [0, 0.05) is 23.6 Å². The third kappa shape index (κ3) is 4.41. The van der Waals surface area contributed by atoms with Crippen LogP contribution in [0.25, 0.3) is 0 Å². The fourth-order valence-corrected chi connectivity index (χ4v) is 2.83. The lowest BCUT2D eigenvalue weighted by Crippen LogP contribution is -2.44. The van der Waals surface area contributed by atoms with Crippen LogP contribution in [-0.2, 0) is 4.79 Å². The average molecular weight is 359 g/mol. The van der Waals surface area contributed by atoms with Crippen LogP contribution in [0.5, 0.6) is 5.75 Å². The van der Waals surface area contributed by atoms with Crippen molar-refractivity contribution in [1.82, 2.24) is 4.90 Å². The molecule has 21 heavy (non-hydrogen) atoms. The number of amides is 1. The van der Waals surface area contributed by atoms with Crippen LogP contribution < -0.4 is 10.5 Å². The number of ether oxygens (including phenoxy) is 1. The number of halogens is 2. The molecular formula is C15H20BrFN2O2. The fraction of sp³-hybridized carbons (Fsp3) is 0.533. The Morgan fingerprint density at radius 3 is 2.76 bits per heavy atom. The summed E-state index contributed by atoms with van der Waals surface area (Å²) >= 11 is 3.18. The molecule has 0 radical (unpaired) electrons. The van der Waals surface area contributed by atoms with Crippen molar-refractivity contribution in [3.63, 3.8) is 0 Å². The highest BCUT2D eigenvalue weighted by atomic mass is 79.9. The first kappa shape index (κ1) is 16.2. The number of carbonyl (C=O) groups excluding carboxylic acids is 1.